The predicted octanol–water partition coefficient (Wildman–Crippen LogP) is 3.60. The average Bonchev–Trinajstić information content (AvgIpc) is 2.61. The van der Waals surface area contributed by atoms with E-state index < -0.39 is 11.7 Å². The van der Waals surface area contributed by atoms with Gasteiger partial charge in [-0.15, -0.1) is 0 Å². The van der Waals surface area contributed by atoms with Crippen molar-refractivity contribution in [2.75, 3.05) is 25.0 Å². The van der Waals surface area contributed by atoms with Gasteiger partial charge in [0.15, 0.2) is 0 Å². The number of anilines is 1. The molecule has 3 heterocycles. The van der Waals surface area contributed by atoms with Crippen LogP contribution >= 0.6 is 0 Å². The molecule has 0 amide bonds. The van der Waals surface area contributed by atoms with Gasteiger partial charge in [-0.05, 0) is 49.2 Å². The van der Waals surface area contributed by atoms with Crippen molar-refractivity contribution in [3.63, 3.8) is 0 Å². The highest BCUT2D eigenvalue weighted by Gasteiger charge is 2.36. The Morgan fingerprint density at radius 2 is 1.96 bits per heavy atom. The van der Waals surface area contributed by atoms with Crippen LogP contribution in [0.5, 0.6) is 0 Å². The molecule has 1 fully saturated rings. The number of pyridine rings is 2. The number of piperidine rings is 1. The lowest BCUT2D eigenvalue weighted by Crippen LogP contribution is -2.47. The van der Waals surface area contributed by atoms with E-state index in [2.05, 4.69) is 14.9 Å². The van der Waals surface area contributed by atoms with Crippen molar-refractivity contribution < 1.29 is 13.2 Å². The summed E-state index contributed by atoms with van der Waals surface area (Å²) in [5.41, 5.74) is 0.482. The molecule has 4 nitrogen and oxygen atoms in total. The van der Waals surface area contributed by atoms with Crippen LogP contribution in [0.4, 0.5) is 19.0 Å². The van der Waals surface area contributed by atoms with Gasteiger partial charge in [-0.3, -0.25) is 9.88 Å². The van der Waals surface area contributed by atoms with Crippen molar-refractivity contribution in [2.24, 2.45) is 0 Å². The van der Waals surface area contributed by atoms with Gasteiger partial charge >= 0.3 is 6.18 Å². The number of aromatic nitrogens is 2. The van der Waals surface area contributed by atoms with E-state index in [0.29, 0.717) is 6.54 Å². The van der Waals surface area contributed by atoms with E-state index in [1.807, 2.05) is 12.1 Å². The van der Waals surface area contributed by atoms with Gasteiger partial charge in [0.25, 0.3) is 0 Å². The minimum atomic E-state index is -4.40. The summed E-state index contributed by atoms with van der Waals surface area (Å²) in [5, 5.41) is 0. The Morgan fingerprint density at radius 1 is 1.20 bits per heavy atom. The van der Waals surface area contributed by atoms with E-state index >= 15 is 0 Å². The summed E-state index contributed by atoms with van der Waals surface area (Å²) in [4.78, 5) is 12.0. The first-order valence-corrected chi connectivity index (χ1v) is 8.31. The highest BCUT2D eigenvalue weighted by atomic mass is 19.4. The monoisotopic (exact) mass is 350 g/mol. The number of rotatable bonds is 4. The SMILES string of the molecule is CN(c1ncccc1C(F)(F)F)C1CCCN(Cc2ccncc2)C1. The summed E-state index contributed by atoms with van der Waals surface area (Å²) >= 11 is 0. The van der Waals surface area contributed by atoms with E-state index in [1.54, 1.807) is 24.3 Å². The fourth-order valence-corrected chi connectivity index (χ4v) is 3.31. The van der Waals surface area contributed by atoms with E-state index in [9.17, 15) is 13.2 Å². The van der Waals surface area contributed by atoms with Crippen LogP contribution in [0, 0.1) is 0 Å². The summed E-state index contributed by atoms with van der Waals surface area (Å²) in [6.07, 6.45) is 2.34. The highest BCUT2D eigenvalue weighted by molar-refractivity contribution is 5.48. The Bertz CT molecular complexity index is 690. The van der Waals surface area contributed by atoms with Crippen LogP contribution in [0.25, 0.3) is 0 Å². The van der Waals surface area contributed by atoms with E-state index in [-0.39, 0.29) is 11.9 Å². The number of likely N-dealkylation sites (tertiary alicyclic amines) is 1. The molecule has 3 rings (SSSR count). The third-order valence-electron chi connectivity index (χ3n) is 4.61. The molecule has 7 heteroatoms. The van der Waals surface area contributed by atoms with Crippen LogP contribution < -0.4 is 4.90 Å². The molecule has 0 spiro atoms. The summed E-state index contributed by atoms with van der Waals surface area (Å²) < 4.78 is 39.8. The van der Waals surface area contributed by atoms with Crippen molar-refractivity contribution in [2.45, 2.75) is 31.6 Å². The molecule has 2 aromatic heterocycles. The molecular formula is C18H21F3N4. The summed E-state index contributed by atoms with van der Waals surface area (Å²) in [6, 6.07) is 6.36. The van der Waals surface area contributed by atoms with Crippen molar-refractivity contribution >= 4 is 5.82 Å². The number of hydrogen-bond acceptors (Lipinski definition) is 4. The Labute approximate surface area is 145 Å². The first-order valence-electron chi connectivity index (χ1n) is 8.31. The van der Waals surface area contributed by atoms with E-state index in [0.717, 1.165) is 37.6 Å². The first kappa shape index (κ1) is 17.7. The maximum Gasteiger partial charge on any atom is 0.419 e. The summed E-state index contributed by atoms with van der Waals surface area (Å²) in [7, 11) is 1.71. The number of halogens is 3. The molecule has 0 N–H and O–H groups in total. The third kappa shape index (κ3) is 4.28. The molecule has 1 aliphatic rings. The van der Waals surface area contributed by atoms with Crippen LogP contribution in [0.3, 0.4) is 0 Å². The number of likely N-dealkylation sites (N-methyl/N-ethyl adjacent to an activating group) is 1. The number of hydrogen-bond donors (Lipinski definition) is 0. The van der Waals surface area contributed by atoms with Gasteiger partial charge in [0.1, 0.15) is 5.82 Å². The molecule has 0 radical (unpaired) electrons. The van der Waals surface area contributed by atoms with Crippen molar-refractivity contribution in [1.82, 2.24) is 14.9 Å². The molecule has 0 aromatic carbocycles. The van der Waals surface area contributed by atoms with Gasteiger partial charge in [-0.2, -0.15) is 13.2 Å². The topological polar surface area (TPSA) is 32.3 Å². The average molecular weight is 350 g/mol. The van der Waals surface area contributed by atoms with Crippen LogP contribution in [0.1, 0.15) is 24.0 Å². The predicted molar refractivity (Wildman–Crippen MR) is 90.2 cm³/mol. The second-order valence-corrected chi connectivity index (χ2v) is 6.37. The van der Waals surface area contributed by atoms with E-state index in [4.69, 9.17) is 0 Å². The van der Waals surface area contributed by atoms with Gasteiger partial charge < -0.3 is 4.90 Å². The minimum Gasteiger partial charge on any atom is -0.355 e. The minimum absolute atomic E-state index is 0.00533. The lowest BCUT2D eigenvalue weighted by atomic mass is 10.0. The molecular weight excluding hydrogens is 329 g/mol. The lowest BCUT2D eigenvalue weighted by molar-refractivity contribution is -0.137. The van der Waals surface area contributed by atoms with Gasteiger partial charge in [0.05, 0.1) is 5.56 Å². The molecule has 1 unspecified atom stereocenters. The summed E-state index contributed by atoms with van der Waals surface area (Å²) in [5.74, 6) is 0.00533. The Morgan fingerprint density at radius 3 is 2.68 bits per heavy atom. The smallest absolute Gasteiger partial charge is 0.355 e. The van der Waals surface area contributed by atoms with Crippen molar-refractivity contribution in [1.29, 1.82) is 0 Å². The van der Waals surface area contributed by atoms with Gasteiger partial charge in [0.2, 0.25) is 0 Å². The van der Waals surface area contributed by atoms with Crippen LogP contribution in [0.2, 0.25) is 0 Å². The molecule has 0 saturated carbocycles. The largest absolute Gasteiger partial charge is 0.419 e. The van der Waals surface area contributed by atoms with Gasteiger partial charge in [-0.25, -0.2) is 4.98 Å². The molecule has 0 bridgehead atoms. The van der Waals surface area contributed by atoms with Gasteiger partial charge in [0, 0.05) is 44.8 Å². The zero-order chi connectivity index (χ0) is 17.9. The van der Waals surface area contributed by atoms with Gasteiger partial charge in [-0.1, -0.05) is 0 Å². The normalized spacial score (nSPS) is 19.0. The Balaban J connectivity index is 1.73. The highest BCUT2D eigenvalue weighted by Crippen LogP contribution is 2.36. The number of alkyl halides is 3. The molecule has 134 valence electrons. The number of nitrogens with zero attached hydrogens (tertiary/aromatic N) is 4. The van der Waals surface area contributed by atoms with Crippen LogP contribution in [-0.2, 0) is 12.7 Å². The van der Waals surface area contributed by atoms with Crippen molar-refractivity contribution in [3.8, 4) is 0 Å². The van der Waals surface area contributed by atoms with E-state index in [1.165, 1.54) is 12.3 Å². The molecule has 0 aliphatic carbocycles. The van der Waals surface area contributed by atoms with Crippen LogP contribution in [-0.4, -0.2) is 41.0 Å². The fraction of sp³-hybridized carbons (Fsp3) is 0.444. The summed E-state index contributed by atoms with van der Waals surface area (Å²) in [6.45, 7) is 2.44. The lowest BCUT2D eigenvalue weighted by Gasteiger charge is -2.38. The quantitative estimate of drug-likeness (QED) is 0.843. The third-order valence-corrected chi connectivity index (χ3v) is 4.61. The fourth-order valence-electron chi connectivity index (χ4n) is 3.31. The Kier molecular flexibility index (Phi) is 5.22. The molecule has 25 heavy (non-hydrogen) atoms. The first-order chi connectivity index (χ1) is 11.9. The Hall–Kier alpha value is -2.15. The zero-order valence-corrected chi connectivity index (χ0v) is 14.1. The maximum absolute atomic E-state index is 13.3. The zero-order valence-electron chi connectivity index (χ0n) is 14.1. The molecule has 2 aromatic rings. The van der Waals surface area contributed by atoms with Crippen LogP contribution in [0.15, 0.2) is 42.9 Å². The second-order valence-electron chi connectivity index (χ2n) is 6.37. The molecule has 1 atom stereocenters. The van der Waals surface area contributed by atoms with Crippen molar-refractivity contribution in [3.05, 3.63) is 54.0 Å². The molecule has 1 aliphatic heterocycles. The second kappa shape index (κ2) is 7.39. The molecule has 1 saturated heterocycles. The maximum atomic E-state index is 13.3. The standard InChI is InChI=1S/C18H21F3N4/c1-24(17-16(18(19,20)21)5-2-8-23-17)15-4-3-11-25(13-15)12-14-6-9-22-10-7-14/h2,5-10,15H,3-4,11-13H2,1H3.